The van der Waals surface area contributed by atoms with Crippen LogP contribution in [0.1, 0.15) is 60.8 Å². The second-order valence-electron chi connectivity index (χ2n) is 8.22. The Kier molecular flexibility index (Phi) is 6.81. The Balaban J connectivity index is 3.16. The van der Waals surface area contributed by atoms with Gasteiger partial charge in [0.15, 0.2) is 0 Å². The Morgan fingerprint density at radius 3 is 2.17 bits per heavy atom. The topological polar surface area (TPSA) is 78.5 Å². The van der Waals surface area contributed by atoms with Gasteiger partial charge in [-0.2, -0.15) is 0 Å². The van der Waals surface area contributed by atoms with Crippen LogP contribution in [-0.2, 0) is 14.4 Å². The second kappa shape index (κ2) is 7.99. The predicted molar refractivity (Wildman–Crippen MR) is 94.2 cm³/mol. The molecule has 1 fully saturated rings. The van der Waals surface area contributed by atoms with Crippen molar-refractivity contribution < 1.29 is 14.4 Å². The SMILES string of the molecule is CNC(=O)[C@@H]1CC[C@H](C(C)(C)C)N1C(=O)[C@H](CC(C)C)NC(C)=O. The summed E-state index contributed by atoms with van der Waals surface area (Å²) in [6.45, 7) is 11.7. The van der Waals surface area contributed by atoms with Crippen LogP contribution in [0.5, 0.6) is 0 Å². The molecule has 0 unspecified atom stereocenters. The summed E-state index contributed by atoms with van der Waals surface area (Å²) < 4.78 is 0. The van der Waals surface area contributed by atoms with Gasteiger partial charge in [0.05, 0.1) is 0 Å². The summed E-state index contributed by atoms with van der Waals surface area (Å²) in [6, 6.07) is -1.07. The maximum absolute atomic E-state index is 13.2. The van der Waals surface area contributed by atoms with Crippen molar-refractivity contribution in [3.05, 3.63) is 0 Å². The molecule has 1 aliphatic heterocycles. The van der Waals surface area contributed by atoms with Gasteiger partial charge in [-0.3, -0.25) is 14.4 Å². The van der Waals surface area contributed by atoms with E-state index in [-0.39, 0.29) is 35.1 Å². The molecule has 1 aliphatic rings. The largest absolute Gasteiger partial charge is 0.357 e. The quantitative estimate of drug-likeness (QED) is 0.800. The van der Waals surface area contributed by atoms with E-state index in [0.29, 0.717) is 12.8 Å². The lowest BCUT2D eigenvalue weighted by molar-refractivity contribution is -0.145. The first kappa shape index (κ1) is 20.5. The summed E-state index contributed by atoms with van der Waals surface area (Å²) >= 11 is 0. The Hall–Kier alpha value is -1.59. The molecule has 0 aromatic carbocycles. The van der Waals surface area contributed by atoms with Gasteiger partial charge in [-0.05, 0) is 30.6 Å². The molecule has 0 aromatic heterocycles. The Morgan fingerprint density at radius 2 is 1.75 bits per heavy atom. The summed E-state index contributed by atoms with van der Waals surface area (Å²) in [5, 5.41) is 5.44. The number of nitrogens with zero attached hydrogens (tertiary/aromatic N) is 1. The third-order valence-corrected chi connectivity index (χ3v) is 4.57. The van der Waals surface area contributed by atoms with E-state index in [0.717, 1.165) is 6.42 Å². The molecule has 1 heterocycles. The van der Waals surface area contributed by atoms with Crippen molar-refractivity contribution in [3.8, 4) is 0 Å². The van der Waals surface area contributed by atoms with E-state index < -0.39 is 12.1 Å². The third-order valence-electron chi connectivity index (χ3n) is 4.57. The molecule has 6 heteroatoms. The normalized spacial score (nSPS) is 22.4. The Bertz CT molecular complexity index is 482. The molecule has 3 atom stereocenters. The van der Waals surface area contributed by atoms with Crippen LogP contribution < -0.4 is 10.6 Å². The molecule has 138 valence electrons. The van der Waals surface area contributed by atoms with E-state index in [1.807, 2.05) is 13.8 Å². The number of hydrogen-bond acceptors (Lipinski definition) is 3. The fourth-order valence-electron chi connectivity index (χ4n) is 3.51. The second-order valence-corrected chi connectivity index (χ2v) is 8.22. The van der Waals surface area contributed by atoms with Gasteiger partial charge in [0, 0.05) is 20.0 Å². The Morgan fingerprint density at radius 1 is 1.17 bits per heavy atom. The molecule has 0 bridgehead atoms. The molecule has 0 spiro atoms. The third kappa shape index (κ3) is 4.95. The number of hydrogen-bond donors (Lipinski definition) is 2. The van der Waals surface area contributed by atoms with E-state index in [2.05, 4.69) is 31.4 Å². The molecular formula is C18H33N3O3. The summed E-state index contributed by atoms with van der Waals surface area (Å²) in [6.07, 6.45) is 2.01. The summed E-state index contributed by atoms with van der Waals surface area (Å²) in [7, 11) is 1.59. The standard InChI is InChI=1S/C18H33N3O3/c1-11(2)10-13(20-12(3)22)17(24)21-14(16(23)19-7)8-9-15(21)18(4,5)6/h11,13-15H,8-10H2,1-7H3,(H,19,23)(H,20,22)/t13-,14-,15+/m0/s1. The van der Waals surface area contributed by atoms with Gasteiger partial charge in [0.2, 0.25) is 17.7 Å². The highest BCUT2D eigenvalue weighted by atomic mass is 16.2. The maximum Gasteiger partial charge on any atom is 0.246 e. The first-order valence-electron chi connectivity index (χ1n) is 8.79. The van der Waals surface area contributed by atoms with Gasteiger partial charge in [0.1, 0.15) is 12.1 Å². The van der Waals surface area contributed by atoms with Crippen molar-refractivity contribution in [3.63, 3.8) is 0 Å². The van der Waals surface area contributed by atoms with Crippen LogP contribution in [0.3, 0.4) is 0 Å². The number of rotatable bonds is 5. The highest BCUT2D eigenvalue weighted by molar-refractivity contribution is 5.92. The van der Waals surface area contributed by atoms with E-state index in [1.165, 1.54) is 6.92 Å². The van der Waals surface area contributed by atoms with E-state index in [9.17, 15) is 14.4 Å². The molecule has 0 saturated carbocycles. The molecular weight excluding hydrogens is 306 g/mol. The van der Waals surface area contributed by atoms with Crippen LogP contribution in [0.15, 0.2) is 0 Å². The zero-order valence-corrected chi connectivity index (χ0v) is 16.1. The molecule has 1 saturated heterocycles. The minimum Gasteiger partial charge on any atom is -0.357 e. The van der Waals surface area contributed by atoms with Crippen molar-refractivity contribution in [2.45, 2.75) is 78.9 Å². The maximum atomic E-state index is 13.2. The van der Waals surface area contributed by atoms with Crippen molar-refractivity contribution in [2.75, 3.05) is 7.05 Å². The van der Waals surface area contributed by atoms with Gasteiger partial charge >= 0.3 is 0 Å². The average Bonchev–Trinajstić information content (AvgIpc) is 2.88. The van der Waals surface area contributed by atoms with Gasteiger partial charge in [0.25, 0.3) is 0 Å². The first-order valence-corrected chi connectivity index (χ1v) is 8.79. The molecule has 1 rings (SSSR count). The molecule has 0 radical (unpaired) electrons. The number of carbonyl (C=O) groups is 3. The smallest absolute Gasteiger partial charge is 0.246 e. The minimum absolute atomic E-state index is 0.0179. The van der Waals surface area contributed by atoms with Gasteiger partial charge in [-0.25, -0.2) is 0 Å². The molecule has 2 N–H and O–H groups in total. The van der Waals surface area contributed by atoms with Gasteiger partial charge < -0.3 is 15.5 Å². The van der Waals surface area contributed by atoms with Gasteiger partial charge in [-0.1, -0.05) is 34.6 Å². The highest BCUT2D eigenvalue weighted by Crippen LogP contribution is 2.37. The minimum atomic E-state index is -0.586. The molecule has 6 nitrogen and oxygen atoms in total. The van der Waals surface area contributed by atoms with Crippen LogP contribution in [0.4, 0.5) is 0 Å². The van der Waals surface area contributed by atoms with Crippen LogP contribution >= 0.6 is 0 Å². The lowest BCUT2D eigenvalue weighted by Crippen LogP contribution is -2.57. The van der Waals surface area contributed by atoms with E-state index in [4.69, 9.17) is 0 Å². The molecule has 24 heavy (non-hydrogen) atoms. The van der Waals surface area contributed by atoms with Crippen LogP contribution in [0, 0.1) is 11.3 Å². The molecule has 3 amide bonds. The monoisotopic (exact) mass is 339 g/mol. The van der Waals surface area contributed by atoms with Gasteiger partial charge in [-0.15, -0.1) is 0 Å². The first-order chi connectivity index (χ1) is 11.0. The average molecular weight is 339 g/mol. The highest BCUT2D eigenvalue weighted by Gasteiger charge is 2.46. The Labute approximate surface area is 145 Å². The fourth-order valence-corrected chi connectivity index (χ4v) is 3.51. The molecule has 0 aromatic rings. The number of likely N-dealkylation sites (N-methyl/N-ethyl adjacent to an activating group) is 1. The van der Waals surface area contributed by atoms with E-state index in [1.54, 1.807) is 11.9 Å². The fraction of sp³-hybridized carbons (Fsp3) is 0.833. The van der Waals surface area contributed by atoms with E-state index >= 15 is 0 Å². The number of nitrogens with one attached hydrogen (secondary N) is 2. The lowest BCUT2D eigenvalue weighted by atomic mass is 9.85. The zero-order chi connectivity index (χ0) is 18.7. The zero-order valence-electron chi connectivity index (χ0n) is 16.1. The van der Waals surface area contributed by atoms with Crippen LogP contribution in [-0.4, -0.2) is 47.8 Å². The van der Waals surface area contributed by atoms with Crippen molar-refractivity contribution >= 4 is 17.7 Å². The summed E-state index contributed by atoms with van der Waals surface area (Å²) in [4.78, 5) is 38.8. The number of amides is 3. The predicted octanol–water partition coefficient (Wildman–Crippen LogP) is 1.69. The number of carbonyl (C=O) groups excluding carboxylic acids is 3. The molecule has 0 aliphatic carbocycles. The van der Waals surface area contributed by atoms with Crippen LogP contribution in [0.25, 0.3) is 0 Å². The number of likely N-dealkylation sites (tertiary alicyclic amines) is 1. The van der Waals surface area contributed by atoms with Crippen molar-refractivity contribution in [1.82, 2.24) is 15.5 Å². The van der Waals surface area contributed by atoms with Crippen molar-refractivity contribution in [2.24, 2.45) is 11.3 Å². The summed E-state index contributed by atoms with van der Waals surface area (Å²) in [5.41, 5.74) is -0.128. The van der Waals surface area contributed by atoms with Crippen molar-refractivity contribution in [1.29, 1.82) is 0 Å². The summed E-state index contributed by atoms with van der Waals surface area (Å²) in [5.74, 6) is -0.247. The van der Waals surface area contributed by atoms with Crippen LogP contribution in [0.2, 0.25) is 0 Å². The lowest BCUT2D eigenvalue weighted by Gasteiger charge is -2.39.